The molecule has 0 saturated heterocycles. The second-order valence-corrected chi connectivity index (χ2v) is 11.6. The van der Waals surface area contributed by atoms with Crippen LogP contribution >= 0.6 is 0 Å². The largest absolute Gasteiger partial charge is 0.0882 e. The second-order valence-electron chi connectivity index (χ2n) is 11.6. The van der Waals surface area contributed by atoms with Gasteiger partial charge >= 0.3 is 0 Å². The fourth-order valence-corrected chi connectivity index (χ4v) is 5.26. The van der Waals surface area contributed by atoms with E-state index in [1.165, 1.54) is 64.2 Å². The molecule has 0 heteroatoms. The molecule has 0 saturated carbocycles. The Labute approximate surface area is 178 Å². The second kappa shape index (κ2) is 12.2. The lowest BCUT2D eigenvalue weighted by molar-refractivity contribution is 0.0919. The summed E-state index contributed by atoms with van der Waals surface area (Å²) in [4.78, 5) is 0. The van der Waals surface area contributed by atoms with E-state index in [1.807, 2.05) is 0 Å². The molecule has 0 spiro atoms. The van der Waals surface area contributed by atoms with Crippen molar-refractivity contribution in [2.75, 3.05) is 0 Å². The number of hydrogen-bond donors (Lipinski definition) is 0. The SMILES string of the molecule is CC(C)(C)C1C=CCCC1C(C)(C)C.CCCCC1CC=CCC1CCCC. The van der Waals surface area contributed by atoms with Crippen molar-refractivity contribution in [1.82, 2.24) is 0 Å². The molecule has 0 fully saturated rings. The van der Waals surface area contributed by atoms with Crippen LogP contribution in [-0.2, 0) is 0 Å². The average Bonchev–Trinajstić information content (AvgIpc) is 2.64. The van der Waals surface area contributed by atoms with Crippen LogP contribution in [0.5, 0.6) is 0 Å². The van der Waals surface area contributed by atoms with Crippen LogP contribution in [0.2, 0.25) is 0 Å². The number of allylic oxidation sites excluding steroid dienone is 4. The van der Waals surface area contributed by atoms with Gasteiger partial charge in [-0.1, -0.05) is 105 Å². The van der Waals surface area contributed by atoms with Crippen molar-refractivity contribution in [2.45, 2.75) is 120 Å². The predicted octanol–water partition coefficient (Wildman–Crippen LogP) is 9.61. The van der Waals surface area contributed by atoms with Crippen LogP contribution in [0.25, 0.3) is 0 Å². The van der Waals surface area contributed by atoms with Crippen LogP contribution in [0.15, 0.2) is 24.3 Å². The maximum atomic E-state index is 2.46. The minimum atomic E-state index is 0.412. The minimum absolute atomic E-state index is 0.412. The lowest BCUT2D eigenvalue weighted by Crippen LogP contribution is -2.36. The number of unbranched alkanes of at least 4 members (excludes halogenated alkanes) is 2. The normalized spacial score (nSPS) is 28.0. The Bertz CT molecular complexity index is 435. The lowest BCUT2D eigenvalue weighted by atomic mass is 9.61. The zero-order chi connectivity index (χ0) is 21.2. The van der Waals surface area contributed by atoms with Crippen molar-refractivity contribution in [3.05, 3.63) is 24.3 Å². The molecule has 2 aliphatic carbocycles. The van der Waals surface area contributed by atoms with E-state index >= 15 is 0 Å². The molecule has 0 aromatic carbocycles. The molecule has 0 aliphatic heterocycles. The summed E-state index contributed by atoms with van der Waals surface area (Å²) >= 11 is 0. The van der Waals surface area contributed by atoms with Gasteiger partial charge < -0.3 is 0 Å². The van der Waals surface area contributed by atoms with Gasteiger partial charge in [-0.05, 0) is 73.0 Å². The van der Waals surface area contributed by atoms with Gasteiger partial charge in [0.15, 0.2) is 0 Å². The summed E-state index contributed by atoms with van der Waals surface area (Å²) < 4.78 is 0. The molecule has 0 amide bonds. The van der Waals surface area contributed by atoms with Gasteiger partial charge in [0.05, 0.1) is 0 Å². The fraction of sp³-hybridized carbons (Fsp3) is 0.857. The molecule has 28 heavy (non-hydrogen) atoms. The molecule has 164 valence electrons. The van der Waals surface area contributed by atoms with Crippen molar-refractivity contribution in [3.8, 4) is 0 Å². The van der Waals surface area contributed by atoms with Gasteiger partial charge in [-0.25, -0.2) is 0 Å². The van der Waals surface area contributed by atoms with Crippen LogP contribution < -0.4 is 0 Å². The Hall–Kier alpha value is -0.520. The fourth-order valence-electron chi connectivity index (χ4n) is 5.26. The van der Waals surface area contributed by atoms with Gasteiger partial charge in [-0.15, -0.1) is 0 Å². The van der Waals surface area contributed by atoms with E-state index in [0.29, 0.717) is 10.8 Å². The number of rotatable bonds is 6. The van der Waals surface area contributed by atoms with Crippen LogP contribution in [0.3, 0.4) is 0 Å². The third-order valence-electron chi connectivity index (χ3n) is 7.10. The van der Waals surface area contributed by atoms with Crippen molar-refractivity contribution >= 4 is 0 Å². The summed E-state index contributed by atoms with van der Waals surface area (Å²) in [6, 6.07) is 0. The molecule has 0 aromatic rings. The third kappa shape index (κ3) is 8.87. The predicted molar refractivity (Wildman–Crippen MR) is 129 cm³/mol. The summed E-state index contributed by atoms with van der Waals surface area (Å²) in [5.74, 6) is 3.60. The molecule has 0 N–H and O–H groups in total. The first-order chi connectivity index (χ1) is 13.1. The summed E-state index contributed by atoms with van der Waals surface area (Å²) in [6.07, 6.45) is 23.5. The van der Waals surface area contributed by atoms with E-state index in [9.17, 15) is 0 Å². The Balaban J connectivity index is 0.000000280. The highest BCUT2D eigenvalue weighted by Gasteiger charge is 2.37. The van der Waals surface area contributed by atoms with E-state index in [0.717, 1.165) is 23.7 Å². The van der Waals surface area contributed by atoms with Gasteiger partial charge in [0.2, 0.25) is 0 Å². The van der Waals surface area contributed by atoms with Crippen molar-refractivity contribution in [3.63, 3.8) is 0 Å². The lowest BCUT2D eigenvalue weighted by Gasteiger charge is -2.44. The summed E-state index contributed by atoms with van der Waals surface area (Å²) in [6.45, 7) is 18.9. The van der Waals surface area contributed by atoms with Crippen molar-refractivity contribution in [1.29, 1.82) is 0 Å². The molecule has 0 aromatic heterocycles. The van der Waals surface area contributed by atoms with Crippen LogP contribution in [0, 0.1) is 34.5 Å². The van der Waals surface area contributed by atoms with E-state index in [1.54, 1.807) is 0 Å². The minimum Gasteiger partial charge on any atom is -0.0882 e. The first kappa shape index (κ1) is 25.5. The van der Waals surface area contributed by atoms with E-state index in [4.69, 9.17) is 0 Å². The Morgan fingerprint density at radius 2 is 1.21 bits per heavy atom. The van der Waals surface area contributed by atoms with E-state index < -0.39 is 0 Å². The monoisotopic (exact) mass is 388 g/mol. The average molecular weight is 389 g/mol. The van der Waals surface area contributed by atoms with Crippen LogP contribution in [0.1, 0.15) is 120 Å². The quantitative estimate of drug-likeness (QED) is 0.397. The highest BCUT2D eigenvalue weighted by molar-refractivity contribution is 5.04. The molecule has 2 rings (SSSR count). The molecule has 0 heterocycles. The Morgan fingerprint density at radius 3 is 1.57 bits per heavy atom. The van der Waals surface area contributed by atoms with Gasteiger partial charge in [0.25, 0.3) is 0 Å². The standard InChI is InChI=1S/2C14H26/c1-13(2,3)11-9-7-8-10-12(11)14(4,5)6;1-3-5-9-13-11-7-8-12-14(13)10-6-4-2/h7,9,11-12H,8,10H2,1-6H3;7-8,13-14H,3-6,9-12H2,1-2H3. The maximum Gasteiger partial charge on any atom is -0.0151 e. The molecule has 2 aliphatic rings. The zero-order valence-electron chi connectivity index (χ0n) is 20.7. The number of hydrogen-bond acceptors (Lipinski definition) is 0. The first-order valence-electron chi connectivity index (χ1n) is 12.4. The topological polar surface area (TPSA) is 0 Å². The van der Waals surface area contributed by atoms with Gasteiger partial charge in [-0.3, -0.25) is 0 Å². The molecular formula is C28H52. The smallest absolute Gasteiger partial charge is 0.0151 e. The molecule has 4 atom stereocenters. The zero-order valence-corrected chi connectivity index (χ0v) is 20.7. The Morgan fingerprint density at radius 1 is 0.714 bits per heavy atom. The first-order valence-corrected chi connectivity index (χ1v) is 12.4. The van der Waals surface area contributed by atoms with Crippen molar-refractivity contribution < 1.29 is 0 Å². The van der Waals surface area contributed by atoms with Crippen molar-refractivity contribution in [2.24, 2.45) is 34.5 Å². The highest BCUT2D eigenvalue weighted by atomic mass is 14.4. The molecule has 0 bridgehead atoms. The van der Waals surface area contributed by atoms with Crippen LogP contribution in [0.4, 0.5) is 0 Å². The summed E-state index contributed by atoms with van der Waals surface area (Å²) in [5.41, 5.74) is 0.859. The maximum absolute atomic E-state index is 2.46. The molecular weight excluding hydrogens is 336 g/mol. The highest BCUT2D eigenvalue weighted by Crippen LogP contribution is 2.46. The molecule has 0 nitrogen and oxygen atoms in total. The van der Waals surface area contributed by atoms with E-state index in [-0.39, 0.29) is 0 Å². The van der Waals surface area contributed by atoms with E-state index in [2.05, 4.69) is 79.7 Å². The third-order valence-corrected chi connectivity index (χ3v) is 7.10. The summed E-state index contributed by atoms with van der Waals surface area (Å²) in [7, 11) is 0. The van der Waals surface area contributed by atoms with Crippen LogP contribution in [-0.4, -0.2) is 0 Å². The van der Waals surface area contributed by atoms with Gasteiger partial charge in [-0.2, -0.15) is 0 Å². The molecule has 4 unspecified atom stereocenters. The Kier molecular flexibility index (Phi) is 11.2. The summed E-state index contributed by atoms with van der Waals surface area (Å²) in [5, 5.41) is 0. The van der Waals surface area contributed by atoms with Gasteiger partial charge in [0, 0.05) is 0 Å². The van der Waals surface area contributed by atoms with Gasteiger partial charge in [0.1, 0.15) is 0 Å². The molecule has 0 radical (unpaired) electrons.